The molecule has 14 rings (SSSR count). The number of aromatic nitrogens is 2. The molecule has 8 heterocycles. The van der Waals surface area contributed by atoms with Gasteiger partial charge in [0, 0.05) is 77.4 Å². The lowest BCUT2D eigenvalue weighted by Crippen LogP contribution is -2.44. The SMILES string of the molecule is CC(C)(C)OC(=O)N1CCC(=O)c2ccccc2NC(=O)[C@H]1c1ccc2c(c1)CCO2.CC(C)(C)OC(=O)N1CCc2c([nH]c3ccccc23)[C@H]1c1ccc2c(c1)CCO2.CC(C)(C)OC(=O)N1Cc2c([nH]c3ccccc3c2=O)[C@H]1c1ccc2c(c1)CCO2. The molecule has 6 aromatic carbocycles. The number of hydrogen-bond donors (Lipinski definition) is 3. The minimum Gasteiger partial charge on any atom is -0.493 e. The Kier molecular flexibility index (Phi) is 16.2. The van der Waals surface area contributed by atoms with Crippen LogP contribution in [0, 0.1) is 0 Å². The number of ketones is 1. The van der Waals surface area contributed by atoms with Crippen LogP contribution in [0.5, 0.6) is 17.2 Å². The Balaban J connectivity index is 0.000000131. The number of hydrogen-bond acceptors (Lipinski definition) is 12. The summed E-state index contributed by atoms with van der Waals surface area (Å²) in [5.41, 5.74) is 10.5. The van der Waals surface area contributed by atoms with Crippen LogP contribution in [0.2, 0.25) is 0 Å². The molecule has 6 aliphatic heterocycles. The van der Waals surface area contributed by atoms with E-state index in [-0.39, 0.29) is 42.9 Å². The molecule has 0 saturated heterocycles. The van der Waals surface area contributed by atoms with Crippen LogP contribution in [0.4, 0.5) is 20.1 Å². The summed E-state index contributed by atoms with van der Waals surface area (Å²) >= 11 is 0. The first kappa shape index (κ1) is 60.7. The number of aromatic amines is 2. The highest BCUT2D eigenvalue weighted by Crippen LogP contribution is 2.43. The van der Waals surface area contributed by atoms with Crippen LogP contribution < -0.4 is 25.0 Å². The number of rotatable bonds is 3. The van der Waals surface area contributed by atoms with Gasteiger partial charge in [-0.2, -0.15) is 0 Å². The van der Waals surface area contributed by atoms with Gasteiger partial charge in [-0.05, 0) is 174 Å². The van der Waals surface area contributed by atoms with Crippen LogP contribution in [0.1, 0.15) is 153 Å². The molecule has 3 atom stereocenters. The van der Waals surface area contributed by atoms with E-state index in [1.165, 1.54) is 21.4 Å². The second-order valence-corrected chi connectivity index (χ2v) is 26.5. The minimum absolute atomic E-state index is 0.0418. The highest BCUT2D eigenvalue weighted by molar-refractivity contribution is 6.07. The topological polar surface area (TPSA) is 211 Å². The van der Waals surface area contributed by atoms with Crippen molar-refractivity contribution in [3.63, 3.8) is 0 Å². The summed E-state index contributed by atoms with van der Waals surface area (Å²) in [5.74, 6) is 2.08. The summed E-state index contributed by atoms with van der Waals surface area (Å²) in [6.45, 7) is 19.4. The van der Waals surface area contributed by atoms with Crippen LogP contribution >= 0.6 is 0 Å². The Morgan fingerprint density at radius 2 is 0.889 bits per heavy atom. The third kappa shape index (κ3) is 12.6. The number of carbonyl (C=O) groups is 5. The van der Waals surface area contributed by atoms with Crippen LogP contribution in [-0.4, -0.2) is 104 Å². The van der Waals surface area contributed by atoms with Crippen LogP contribution in [-0.2, 0) is 51.2 Å². The number of Topliss-reactive ketones (excluding diaryl/α,β-unsaturated/α-hetero) is 1. The van der Waals surface area contributed by atoms with Crippen molar-refractivity contribution in [2.45, 2.75) is 136 Å². The van der Waals surface area contributed by atoms with Gasteiger partial charge in [0.25, 0.3) is 5.91 Å². The van der Waals surface area contributed by atoms with Crippen molar-refractivity contribution >= 4 is 57.5 Å². The van der Waals surface area contributed by atoms with Crippen molar-refractivity contribution < 1.29 is 52.4 Å². The van der Waals surface area contributed by atoms with Crippen molar-refractivity contribution in [1.82, 2.24) is 24.7 Å². The fourth-order valence-corrected chi connectivity index (χ4v) is 12.7. The van der Waals surface area contributed by atoms with Crippen molar-refractivity contribution in [1.29, 1.82) is 0 Å². The third-order valence-corrected chi connectivity index (χ3v) is 16.6. The Morgan fingerprint density at radius 3 is 1.42 bits per heavy atom. The first-order valence-corrected chi connectivity index (χ1v) is 30.9. The van der Waals surface area contributed by atoms with Crippen LogP contribution in [0.3, 0.4) is 0 Å². The van der Waals surface area contributed by atoms with Gasteiger partial charge in [-0.15, -0.1) is 0 Å². The molecular weight excluding hydrogens is 1140 g/mol. The van der Waals surface area contributed by atoms with Gasteiger partial charge < -0.3 is 43.7 Å². The zero-order valence-corrected chi connectivity index (χ0v) is 52.4. The molecule has 0 radical (unpaired) electrons. The number of para-hydroxylation sites is 3. The third-order valence-electron chi connectivity index (χ3n) is 16.6. The fraction of sp³-hybridized carbons (Fsp3) is 0.361. The molecule has 0 bridgehead atoms. The molecule has 0 saturated carbocycles. The average Bonchev–Trinajstić information content (AvgIpc) is 1.69. The summed E-state index contributed by atoms with van der Waals surface area (Å²) in [4.78, 5) is 90.7. The quantitative estimate of drug-likeness (QED) is 0.141. The molecule has 18 heteroatoms. The Labute approximate surface area is 522 Å². The molecule has 0 fully saturated rings. The van der Waals surface area contributed by atoms with Gasteiger partial charge in [0.05, 0.1) is 37.7 Å². The van der Waals surface area contributed by atoms with E-state index in [2.05, 4.69) is 51.7 Å². The van der Waals surface area contributed by atoms with E-state index in [1.54, 1.807) is 56.0 Å². The van der Waals surface area contributed by atoms with Gasteiger partial charge in [0.1, 0.15) is 52.2 Å². The van der Waals surface area contributed by atoms with Crippen molar-refractivity contribution in [2.75, 3.05) is 38.2 Å². The molecule has 90 heavy (non-hydrogen) atoms. The predicted molar refractivity (Wildman–Crippen MR) is 342 cm³/mol. The van der Waals surface area contributed by atoms with Crippen LogP contribution in [0.15, 0.2) is 132 Å². The van der Waals surface area contributed by atoms with Crippen molar-refractivity contribution in [2.24, 2.45) is 0 Å². The Morgan fingerprint density at radius 1 is 0.467 bits per heavy atom. The second-order valence-electron chi connectivity index (χ2n) is 26.5. The van der Waals surface area contributed by atoms with E-state index >= 15 is 0 Å². The molecule has 0 aliphatic carbocycles. The van der Waals surface area contributed by atoms with Crippen molar-refractivity contribution in [3.05, 3.63) is 199 Å². The number of pyridine rings is 1. The molecule has 0 spiro atoms. The predicted octanol–water partition coefficient (Wildman–Crippen LogP) is 13.4. The number of benzene rings is 6. The number of ether oxygens (including phenoxy) is 6. The maximum atomic E-state index is 13.5. The summed E-state index contributed by atoms with van der Waals surface area (Å²) in [6.07, 6.45) is 2.03. The number of anilines is 1. The van der Waals surface area contributed by atoms with Gasteiger partial charge in [-0.25, -0.2) is 14.4 Å². The van der Waals surface area contributed by atoms with E-state index in [9.17, 15) is 28.8 Å². The smallest absolute Gasteiger partial charge is 0.411 e. The minimum atomic E-state index is -0.945. The van der Waals surface area contributed by atoms with E-state index in [1.807, 2.05) is 107 Å². The fourth-order valence-electron chi connectivity index (χ4n) is 12.7. The summed E-state index contributed by atoms with van der Waals surface area (Å²) in [6, 6.07) is 38.9. The molecule has 2 aromatic heterocycles. The molecule has 6 aliphatic rings. The largest absolute Gasteiger partial charge is 0.493 e. The summed E-state index contributed by atoms with van der Waals surface area (Å²) in [7, 11) is 0. The van der Waals surface area contributed by atoms with E-state index in [0.717, 1.165) is 94.2 Å². The molecule has 18 nitrogen and oxygen atoms in total. The Hall–Kier alpha value is -9.58. The first-order valence-electron chi connectivity index (χ1n) is 30.9. The molecule has 0 unspecified atom stereocenters. The zero-order chi connectivity index (χ0) is 63.4. The number of nitrogens with one attached hydrogen (secondary N) is 3. The van der Waals surface area contributed by atoms with Gasteiger partial charge >= 0.3 is 18.3 Å². The number of nitrogens with zero attached hydrogens (tertiary/aromatic N) is 3. The maximum absolute atomic E-state index is 13.5. The molecule has 3 N–H and O–H groups in total. The number of H-pyrrole nitrogens is 2. The van der Waals surface area contributed by atoms with Crippen molar-refractivity contribution in [3.8, 4) is 17.2 Å². The monoisotopic (exact) mass is 1220 g/mol. The van der Waals surface area contributed by atoms with Gasteiger partial charge in [-0.3, -0.25) is 29.1 Å². The van der Waals surface area contributed by atoms with E-state index in [4.69, 9.17) is 28.4 Å². The Bertz CT molecular complexity index is 4200. The average molecular weight is 1220 g/mol. The number of amides is 4. The lowest BCUT2D eigenvalue weighted by atomic mass is 9.91. The molecule has 4 amide bonds. The number of carbonyl (C=O) groups excluding carboxylic acids is 5. The highest BCUT2D eigenvalue weighted by Gasteiger charge is 2.42. The first-order chi connectivity index (χ1) is 42.9. The lowest BCUT2D eigenvalue weighted by Gasteiger charge is -2.37. The van der Waals surface area contributed by atoms with Crippen LogP contribution in [0.25, 0.3) is 21.8 Å². The van der Waals surface area contributed by atoms with Gasteiger partial charge in [-0.1, -0.05) is 60.7 Å². The lowest BCUT2D eigenvalue weighted by molar-refractivity contribution is -0.121. The maximum Gasteiger partial charge on any atom is 0.411 e. The molecule has 8 aromatic rings. The molecular formula is C72H76N6O12. The number of fused-ring (bicyclic) bond motifs is 9. The summed E-state index contributed by atoms with van der Waals surface area (Å²) in [5, 5.41) is 4.72. The summed E-state index contributed by atoms with van der Waals surface area (Å²) < 4.78 is 33.9. The second kappa shape index (κ2) is 24.1. The highest BCUT2D eigenvalue weighted by atomic mass is 16.6. The zero-order valence-electron chi connectivity index (χ0n) is 52.4. The standard InChI is InChI=1S/C24H26N2O5.C24H24N2O4.C24H26N2O3/c1-24(2,3)31-23(29)26-12-10-19(27)17-6-4-5-7-18(17)25-22(28)21(26)16-8-9-20-15(14-16)11-13-30-20;1-24(2,3)30-23(28)26-13-17-20(25-18-7-5-4-6-16(18)22(17)27)21(26)15-8-9-19-14(12-15)10-11-29-19;1-24(2,3)29-23(27)26-12-10-18-17-6-4-5-7-19(17)25-21(18)22(26)16-8-9-20-15(14-16)11-13-28-20/h4-9,14,21H,10-13H2,1-3H3,(H,25,28);4-9,12,21H,10-11,13H2,1-3H3,(H,25,27);4-9,14,22,25H,10-13H2,1-3H3/t2*21-;22-/m111/s1. The van der Waals surface area contributed by atoms with E-state index in [0.29, 0.717) is 47.5 Å². The normalized spacial score (nSPS) is 18.2. The van der Waals surface area contributed by atoms with E-state index < -0.39 is 47.0 Å². The van der Waals surface area contributed by atoms with Gasteiger partial charge in [0.2, 0.25) is 0 Å². The van der Waals surface area contributed by atoms with Gasteiger partial charge in [0.15, 0.2) is 11.2 Å². The molecule has 466 valence electrons.